The molecule has 0 amide bonds. The Balaban J connectivity index is 0. The number of rotatable bonds is 0. The summed E-state index contributed by atoms with van der Waals surface area (Å²) in [7, 11) is 0. The Kier molecular flexibility index (Phi) is 21.8. The minimum absolute atomic E-state index is 0. The predicted octanol–water partition coefficient (Wildman–Crippen LogP) is -0.621. The van der Waals surface area contributed by atoms with Gasteiger partial charge in [-0.3, -0.25) is 0 Å². The number of hydrogen-bond acceptors (Lipinski definition) is 2. The predicted molar refractivity (Wildman–Crippen MR) is 7.13 cm³/mol. The Bertz CT molecular complexity index is 27.0. The fourth-order valence-corrected chi connectivity index (χ4v) is 0. The van der Waals surface area contributed by atoms with E-state index in [1.54, 1.807) is 0 Å². The summed E-state index contributed by atoms with van der Waals surface area (Å²) in [6, 6.07) is 0. The summed E-state index contributed by atoms with van der Waals surface area (Å²) >= 11 is -1.79. The van der Waals surface area contributed by atoms with E-state index in [0.29, 0.717) is 0 Å². The van der Waals surface area contributed by atoms with E-state index in [0.717, 1.165) is 0 Å². The molecule has 0 atom stereocenters. The minimum Gasteiger partial charge on any atom is 0 e. The molecule has 0 saturated carbocycles. The van der Waals surface area contributed by atoms with Crippen LogP contribution in [0.2, 0.25) is 0 Å². The van der Waals surface area contributed by atoms with Crippen LogP contribution in [0.15, 0.2) is 0 Å². The smallest absolute Gasteiger partial charge is 0 e. The van der Waals surface area contributed by atoms with Crippen molar-refractivity contribution >= 4 is 11.0 Å². The largest absolute Gasteiger partial charge is 0 e. The zero-order chi connectivity index (χ0) is 2.71. The van der Waals surface area contributed by atoms with Gasteiger partial charge in [0.15, 0.2) is 0 Å². The van der Waals surface area contributed by atoms with Crippen LogP contribution >= 0.6 is 0 Å². The summed E-state index contributed by atoms with van der Waals surface area (Å²) in [5, 5.41) is 0. The van der Waals surface area contributed by atoms with E-state index in [2.05, 4.69) is 0 Å². The van der Waals surface area contributed by atoms with Gasteiger partial charge in [0.25, 0.3) is 0 Å². The van der Waals surface area contributed by atoms with Crippen molar-refractivity contribution in [2.75, 3.05) is 0 Å². The molecule has 0 saturated heterocycles. The second-order valence-corrected chi connectivity index (χ2v) is 0.349. The van der Waals surface area contributed by atoms with Gasteiger partial charge in [0, 0.05) is 11.0 Å². The molecule has 0 bridgehead atoms. The summed E-state index contributed by atoms with van der Waals surface area (Å²) in [5.41, 5.74) is 0. The maximum absolute atomic E-state index is 8.46. The maximum atomic E-state index is 8.46. The SMILES string of the molecule is [O]=[Ru]=[O].[Si]. The molecule has 4 radical (unpaired) electrons. The molecule has 0 aromatic rings. The standard InChI is InChI=1S/2O.Ru.Si. The molecule has 0 N–H and O–H groups in total. The second kappa shape index (κ2) is 9.88. The van der Waals surface area contributed by atoms with Crippen molar-refractivity contribution < 1.29 is 24.2 Å². The van der Waals surface area contributed by atoms with Crippen LogP contribution in [0.4, 0.5) is 0 Å². The van der Waals surface area contributed by atoms with Gasteiger partial charge in [0.2, 0.25) is 0 Å². The first-order chi connectivity index (χ1) is 1.41. The topological polar surface area (TPSA) is 34.1 Å². The average molecular weight is 161 g/mol. The van der Waals surface area contributed by atoms with E-state index in [1.807, 2.05) is 0 Å². The molecule has 0 aliphatic heterocycles. The Morgan fingerprint density at radius 2 is 1.25 bits per heavy atom. The molecule has 0 aliphatic carbocycles. The Labute approximate surface area is 35.7 Å². The molecule has 4 heteroatoms. The molecular formula is O2RuSi. The number of hydrogen-bond donors (Lipinski definition) is 0. The third kappa shape index (κ3) is 26.1. The van der Waals surface area contributed by atoms with Crippen LogP contribution in [0.3, 0.4) is 0 Å². The Morgan fingerprint density at radius 1 is 1.25 bits per heavy atom. The van der Waals surface area contributed by atoms with E-state index >= 15 is 0 Å². The van der Waals surface area contributed by atoms with E-state index in [4.69, 9.17) is 7.15 Å². The van der Waals surface area contributed by atoms with Crippen molar-refractivity contribution in [3.63, 3.8) is 0 Å². The van der Waals surface area contributed by atoms with Crippen molar-refractivity contribution in [1.82, 2.24) is 0 Å². The molecular weight excluding hydrogens is 161 g/mol. The Hall–Kier alpha value is 0.440. The maximum Gasteiger partial charge on any atom is 0 e. The van der Waals surface area contributed by atoms with Crippen molar-refractivity contribution in [3.05, 3.63) is 0 Å². The monoisotopic (exact) mass is 162 g/mol. The zero-order valence-corrected chi connectivity index (χ0v) is 4.41. The molecule has 4 heavy (non-hydrogen) atoms. The second-order valence-electron chi connectivity index (χ2n) is 0.0589. The van der Waals surface area contributed by atoms with Crippen molar-refractivity contribution in [3.8, 4) is 0 Å². The van der Waals surface area contributed by atoms with Crippen molar-refractivity contribution in [2.45, 2.75) is 0 Å². The van der Waals surface area contributed by atoms with Crippen LogP contribution < -0.4 is 0 Å². The van der Waals surface area contributed by atoms with Gasteiger partial charge >= 0.3 is 24.2 Å². The van der Waals surface area contributed by atoms with Crippen LogP contribution in [0.25, 0.3) is 0 Å². The van der Waals surface area contributed by atoms with Gasteiger partial charge in [0.05, 0.1) is 0 Å². The molecule has 0 fully saturated rings. The van der Waals surface area contributed by atoms with E-state index in [9.17, 15) is 0 Å². The van der Waals surface area contributed by atoms with E-state index in [1.165, 1.54) is 0 Å². The summed E-state index contributed by atoms with van der Waals surface area (Å²) in [4.78, 5) is 0. The first-order valence-corrected chi connectivity index (χ1v) is 1.71. The van der Waals surface area contributed by atoms with Crippen molar-refractivity contribution in [2.24, 2.45) is 0 Å². The van der Waals surface area contributed by atoms with Gasteiger partial charge in [-0.15, -0.1) is 0 Å². The summed E-state index contributed by atoms with van der Waals surface area (Å²) in [6.07, 6.45) is 0. The van der Waals surface area contributed by atoms with Crippen LogP contribution in [-0.2, 0) is 24.2 Å². The molecule has 24 valence electrons. The van der Waals surface area contributed by atoms with E-state index in [-0.39, 0.29) is 11.0 Å². The van der Waals surface area contributed by atoms with Gasteiger partial charge in [-0.25, -0.2) is 0 Å². The molecule has 0 rings (SSSR count). The van der Waals surface area contributed by atoms with Gasteiger partial charge in [0.1, 0.15) is 0 Å². The Morgan fingerprint density at radius 3 is 1.25 bits per heavy atom. The average Bonchev–Trinajstić information content (AvgIpc) is 0.918. The van der Waals surface area contributed by atoms with Crippen LogP contribution in [-0.4, -0.2) is 11.0 Å². The van der Waals surface area contributed by atoms with Crippen molar-refractivity contribution in [1.29, 1.82) is 0 Å². The molecule has 0 spiro atoms. The van der Waals surface area contributed by atoms with Crippen LogP contribution in [0.5, 0.6) is 0 Å². The van der Waals surface area contributed by atoms with Gasteiger partial charge < -0.3 is 0 Å². The fourth-order valence-electron chi connectivity index (χ4n) is 0. The van der Waals surface area contributed by atoms with E-state index < -0.39 is 17.0 Å². The summed E-state index contributed by atoms with van der Waals surface area (Å²) in [6.45, 7) is 0. The van der Waals surface area contributed by atoms with Gasteiger partial charge in [-0.05, 0) is 0 Å². The molecule has 0 aromatic carbocycles. The normalized spacial score (nSPS) is 4.00. The third-order valence-electron chi connectivity index (χ3n) is 0. The zero-order valence-electron chi connectivity index (χ0n) is 1.67. The summed E-state index contributed by atoms with van der Waals surface area (Å²) in [5.74, 6) is 0. The molecule has 0 aliphatic rings. The third-order valence-corrected chi connectivity index (χ3v) is 0. The quantitative estimate of drug-likeness (QED) is 0.444. The molecule has 0 heterocycles. The molecule has 0 aromatic heterocycles. The molecule has 0 unspecified atom stereocenters. The van der Waals surface area contributed by atoms with Gasteiger partial charge in [-0.1, -0.05) is 0 Å². The minimum atomic E-state index is -1.79. The van der Waals surface area contributed by atoms with Crippen LogP contribution in [0.1, 0.15) is 0 Å². The first-order valence-electron chi connectivity index (χ1n) is 0.289. The summed E-state index contributed by atoms with van der Waals surface area (Å²) < 4.78 is 16.9. The fraction of sp³-hybridized carbons (Fsp3) is 0. The molecule has 2 nitrogen and oxygen atoms in total. The van der Waals surface area contributed by atoms with Gasteiger partial charge in [-0.2, -0.15) is 0 Å². The van der Waals surface area contributed by atoms with Crippen LogP contribution in [0, 0.1) is 0 Å². The first kappa shape index (κ1) is 8.83.